The summed E-state index contributed by atoms with van der Waals surface area (Å²) in [6.45, 7) is 0. The summed E-state index contributed by atoms with van der Waals surface area (Å²) in [7, 11) is -1.88. The number of primary sulfonamides is 1. The number of sulfonamides is 1. The van der Waals surface area contributed by atoms with Gasteiger partial charge in [-0.25, -0.2) is 18.1 Å². The highest BCUT2D eigenvalue weighted by molar-refractivity contribution is 7.89. The lowest BCUT2D eigenvalue weighted by Gasteiger charge is -2.04. The summed E-state index contributed by atoms with van der Waals surface area (Å²) in [5.74, 6) is 0. The molecule has 4 aromatic rings. The molecule has 25 heavy (non-hydrogen) atoms. The van der Waals surface area contributed by atoms with E-state index in [1.165, 1.54) is 12.1 Å². The van der Waals surface area contributed by atoms with E-state index in [0.29, 0.717) is 0 Å². The number of rotatable bonds is 3. The van der Waals surface area contributed by atoms with Gasteiger partial charge in [0.25, 0.3) is 0 Å². The van der Waals surface area contributed by atoms with E-state index in [1.807, 2.05) is 37.6 Å². The SMILES string of the molecule is Cn1cc(-c2nn3ccccc3c2-c2ccc(S(N)(=O)=O)cc2)cn1. The van der Waals surface area contributed by atoms with Crippen LogP contribution >= 0.6 is 0 Å². The zero-order chi connectivity index (χ0) is 17.6. The molecule has 0 aliphatic heterocycles. The van der Waals surface area contributed by atoms with E-state index in [2.05, 4.69) is 10.2 Å². The molecule has 0 atom stereocenters. The molecule has 126 valence electrons. The molecule has 0 saturated heterocycles. The lowest BCUT2D eigenvalue weighted by Crippen LogP contribution is -2.11. The van der Waals surface area contributed by atoms with E-state index in [9.17, 15) is 8.42 Å². The van der Waals surface area contributed by atoms with Crippen LogP contribution in [0.2, 0.25) is 0 Å². The van der Waals surface area contributed by atoms with Gasteiger partial charge < -0.3 is 0 Å². The molecule has 7 nitrogen and oxygen atoms in total. The number of aryl methyl sites for hydroxylation is 1. The van der Waals surface area contributed by atoms with Crippen molar-refractivity contribution in [2.45, 2.75) is 4.90 Å². The highest BCUT2D eigenvalue weighted by atomic mass is 32.2. The number of nitrogens with zero attached hydrogens (tertiary/aromatic N) is 4. The van der Waals surface area contributed by atoms with E-state index in [1.54, 1.807) is 27.5 Å². The third kappa shape index (κ3) is 2.71. The summed E-state index contributed by atoms with van der Waals surface area (Å²) >= 11 is 0. The fourth-order valence-electron chi connectivity index (χ4n) is 2.84. The van der Waals surface area contributed by atoms with Gasteiger partial charge in [-0.3, -0.25) is 4.68 Å². The Labute approximate surface area is 144 Å². The molecule has 0 amide bonds. The zero-order valence-corrected chi connectivity index (χ0v) is 14.2. The minimum atomic E-state index is -3.72. The van der Waals surface area contributed by atoms with Crippen LogP contribution in [-0.4, -0.2) is 27.8 Å². The summed E-state index contributed by atoms with van der Waals surface area (Å²) in [5.41, 5.74) is 4.35. The Hall–Kier alpha value is -2.97. The highest BCUT2D eigenvalue weighted by Crippen LogP contribution is 2.35. The fourth-order valence-corrected chi connectivity index (χ4v) is 3.36. The van der Waals surface area contributed by atoms with Crippen molar-refractivity contribution in [3.05, 3.63) is 61.1 Å². The second-order valence-electron chi connectivity index (χ2n) is 5.73. The largest absolute Gasteiger partial charge is 0.275 e. The Morgan fingerprint density at radius 3 is 2.44 bits per heavy atom. The third-order valence-corrected chi connectivity index (χ3v) is 4.92. The summed E-state index contributed by atoms with van der Waals surface area (Å²) in [5, 5.41) is 14.1. The van der Waals surface area contributed by atoms with Crippen LogP contribution in [-0.2, 0) is 17.1 Å². The average molecular weight is 353 g/mol. The van der Waals surface area contributed by atoms with Gasteiger partial charge in [0.05, 0.1) is 16.6 Å². The summed E-state index contributed by atoms with van der Waals surface area (Å²) < 4.78 is 26.5. The van der Waals surface area contributed by atoms with Gasteiger partial charge in [-0.05, 0) is 29.8 Å². The first-order valence-electron chi connectivity index (χ1n) is 7.53. The molecule has 0 fully saturated rings. The summed E-state index contributed by atoms with van der Waals surface area (Å²) in [4.78, 5) is 0.0793. The van der Waals surface area contributed by atoms with Crippen LogP contribution in [0.5, 0.6) is 0 Å². The molecule has 0 saturated carbocycles. The molecule has 2 N–H and O–H groups in total. The Balaban J connectivity index is 1.97. The van der Waals surface area contributed by atoms with E-state index in [-0.39, 0.29) is 4.90 Å². The molecule has 8 heteroatoms. The molecule has 3 heterocycles. The first kappa shape index (κ1) is 15.6. The Bertz CT molecular complexity index is 1170. The van der Waals surface area contributed by atoms with Crippen LogP contribution in [0, 0.1) is 0 Å². The maximum atomic E-state index is 11.5. The molecule has 0 aliphatic carbocycles. The second kappa shape index (κ2) is 5.54. The van der Waals surface area contributed by atoms with Crippen LogP contribution in [0.15, 0.2) is 66.0 Å². The molecular formula is C17H15N5O2S. The Morgan fingerprint density at radius 2 is 1.80 bits per heavy atom. The van der Waals surface area contributed by atoms with Crippen molar-refractivity contribution in [3.63, 3.8) is 0 Å². The van der Waals surface area contributed by atoms with Crippen LogP contribution in [0.25, 0.3) is 27.9 Å². The number of benzene rings is 1. The molecule has 0 bridgehead atoms. The first-order valence-corrected chi connectivity index (χ1v) is 9.08. The summed E-state index contributed by atoms with van der Waals surface area (Å²) in [6, 6.07) is 12.3. The van der Waals surface area contributed by atoms with Crippen LogP contribution in [0.4, 0.5) is 0 Å². The fraction of sp³-hybridized carbons (Fsp3) is 0.0588. The van der Waals surface area contributed by atoms with Gasteiger partial charge in [0, 0.05) is 30.6 Å². The number of hydrogen-bond donors (Lipinski definition) is 1. The maximum absolute atomic E-state index is 11.5. The van der Waals surface area contributed by atoms with Gasteiger partial charge >= 0.3 is 0 Å². The molecule has 0 spiro atoms. The average Bonchev–Trinajstić information content (AvgIpc) is 3.17. The standard InChI is InChI=1S/C17H15N5O2S/c1-21-11-13(10-19-21)17-16(15-4-2-3-9-22(15)20-17)12-5-7-14(8-6-12)25(18,23)24/h2-11H,1H3,(H2,18,23,24). The maximum Gasteiger partial charge on any atom is 0.238 e. The van der Waals surface area contributed by atoms with Crippen molar-refractivity contribution in [1.82, 2.24) is 19.4 Å². The van der Waals surface area contributed by atoms with Crippen molar-refractivity contribution in [3.8, 4) is 22.4 Å². The predicted molar refractivity (Wildman–Crippen MR) is 94.2 cm³/mol. The molecule has 4 rings (SSSR count). The van der Waals surface area contributed by atoms with Crippen LogP contribution < -0.4 is 5.14 Å². The number of nitrogens with two attached hydrogens (primary N) is 1. The second-order valence-corrected chi connectivity index (χ2v) is 7.29. The quantitative estimate of drug-likeness (QED) is 0.610. The minimum absolute atomic E-state index is 0.0793. The van der Waals surface area contributed by atoms with Gasteiger partial charge in [-0.1, -0.05) is 18.2 Å². The molecule has 0 radical (unpaired) electrons. The summed E-state index contributed by atoms with van der Waals surface area (Å²) in [6.07, 6.45) is 5.52. The monoisotopic (exact) mass is 353 g/mol. The van der Waals surface area contributed by atoms with E-state index >= 15 is 0 Å². The minimum Gasteiger partial charge on any atom is -0.275 e. The topological polar surface area (TPSA) is 95.3 Å². The lowest BCUT2D eigenvalue weighted by molar-refractivity contribution is 0.598. The molecular weight excluding hydrogens is 338 g/mol. The lowest BCUT2D eigenvalue weighted by atomic mass is 10.0. The van der Waals surface area contributed by atoms with E-state index in [4.69, 9.17) is 5.14 Å². The van der Waals surface area contributed by atoms with Crippen molar-refractivity contribution in [2.24, 2.45) is 12.2 Å². The van der Waals surface area contributed by atoms with Gasteiger partial charge in [0.15, 0.2) is 0 Å². The van der Waals surface area contributed by atoms with Crippen LogP contribution in [0.3, 0.4) is 0 Å². The van der Waals surface area contributed by atoms with Crippen molar-refractivity contribution in [2.75, 3.05) is 0 Å². The van der Waals surface area contributed by atoms with E-state index < -0.39 is 10.0 Å². The number of pyridine rings is 1. The van der Waals surface area contributed by atoms with E-state index in [0.717, 1.165) is 27.9 Å². The van der Waals surface area contributed by atoms with Crippen molar-refractivity contribution >= 4 is 15.5 Å². The normalized spacial score (nSPS) is 11.9. The Morgan fingerprint density at radius 1 is 1.04 bits per heavy atom. The van der Waals surface area contributed by atoms with Gasteiger partial charge in [0.2, 0.25) is 10.0 Å². The smallest absolute Gasteiger partial charge is 0.238 e. The van der Waals surface area contributed by atoms with Crippen molar-refractivity contribution < 1.29 is 8.42 Å². The van der Waals surface area contributed by atoms with Crippen molar-refractivity contribution in [1.29, 1.82) is 0 Å². The molecule has 0 unspecified atom stereocenters. The molecule has 3 aromatic heterocycles. The number of hydrogen-bond acceptors (Lipinski definition) is 4. The van der Waals surface area contributed by atoms with Crippen LogP contribution in [0.1, 0.15) is 0 Å². The molecule has 0 aliphatic rings. The van der Waals surface area contributed by atoms with Gasteiger partial charge in [-0.2, -0.15) is 10.2 Å². The Kier molecular flexibility index (Phi) is 3.45. The van der Waals surface area contributed by atoms with Gasteiger partial charge in [-0.15, -0.1) is 0 Å². The number of fused-ring (bicyclic) bond motifs is 1. The highest BCUT2D eigenvalue weighted by Gasteiger charge is 2.18. The zero-order valence-electron chi connectivity index (χ0n) is 13.4. The predicted octanol–water partition coefficient (Wildman–Crippen LogP) is 2.05. The molecule has 1 aromatic carbocycles. The van der Waals surface area contributed by atoms with Gasteiger partial charge in [0.1, 0.15) is 5.69 Å². The third-order valence-electron chi connectivity index (χ3n) is 3.99. The number of aromatic nitrogens is 4. The first-order chi connectivity index (χ1) is 11.9.